The van der Waals surface area contributed by atoms with Crippen molar-refractivity contribution in [2.75, 3.05) is 0 Å². The summed E-state index contributed by atoms with van der Waals surface area (Å²) in [6, 6.07) is 19.7. The van der Waals surface area contributed by atoms with Gasteiger partial charge in [-0.3, -0.25) is 4.79 Å². The molecule has 0 bridgehead atoms. The van der Waals surface area contributed by atoms with Crippen molar-refractivity contribution in [2.45, 2.75) is 52.4 Å². The summed E-state index contributed by atoms with van der Waals surface area (Å²) in [4.78, 5) is 25.5. The predicted octanol–water partition coefficient (Wildman–Crippen LogP) is 7.40. The van der Waals surface area contributed by atoms with Crippen LogP contribution in [0.4, 0.5) is 0 Å². The Morgan fingerprint density at radius 2 is 1.29 bits per heavy atom. The second kappa shape index (κ2) is 9.06. The summed E-state index contributed by atoms with van der Waals surface area (Å²) in [6.45, 7) is 12.7. The second-order valence-electron chi connectivity index (χ2n) is 10.7. The number of fused-ring (bicyclic) bond motifs is 1. The average Bonchev–Trinajstić information content (AvgIpc) is 2.80. The highest BCUT2D eigenvalue weighted by Crippen LogP contribution is 2.28. The number of benzene rings is 3. The van der Waals surface area contributed by atoms with Crippen molar-refractivity contribution in [3.63, 3.8) is 0 Å². The molecule has 1 heterocycles. The molecule has 0 radical (unpaired) electrons. The van der Waals surface area contributed by atoms with Crippen LogP contribution in [0.1, 0.15) is 63.0 Å². The molecule has 0 unspecified atom stereocenters. The molecule has 0 aliphatic carbocycles. The zero-order valence-corrected chi connectivity index (χ0v) is 21.0. The molecule has 0 spiro atoms. The summed E-state index contributed by atoms with van der Waals surface area (Å²) in [5, 5.41) is 0.336. The highest BCUT2D eigenvalue weighted by atomic mass is 16.5. The topological polar surface area (TPSA) is 65.7 Å². The van der Waals surface area contributed by atoms with Crippen LogP contribution >= 0.6 is 0 Å². The van der Waals surface area contributed by atoms with Gasteiger partial charge in [-0.2, -0.15) is 0 Å². The van der Waals surface area contributed by atoms with Crippen LogP contribution in [0.3, 0.4) is 0 Å². The fraction of sp³-hybridized carbons (Fsp3) is 0.267. The second-order valence-corrected chi connectivity index (χ2v) is 10.7. The summed E-state index contributed by atoms with van der Waals surface area (Å²) in [7, 11) is 0. The highest BCUT2D eigenvalue weighted by molar-refractivity contribution is 5.91. The van der Waals surface area contributed by atoms with Crippen LogP contribution in [-0.4, -0.2) is 5.97 Å². The third-order valence-corrected chi connectivity index (χ3v) is 5.86. The van der Waals surface area contributed by atoms with E-state index in [4.69, 9.17) is 13.9 Å². The van der Waals surface area contributed by atoms with Crippen LogP contribution < -0.4 is 14.9 Å². The van der Waals surface area contributed by atoms with Gasteiger partial charge in [0, 0.05) is 6.07 Å². The number of carbonyl (C=O) groups is 1. The van der Waals surface area contributed by atoms with Crippen molar-refractivity contribution in [1.29, 1.82) is 0 Å². The molecule has 3 aromatic carbocycles. The van der Waals surface area contributed by atoms with Crippen LogP contribution in [0.15, 0.2) is 82.2 Å². The minimum absolute atomic E-state index is 0.00321. The van der Waals surface area contributed by atoms with Crippen molar-refractivity contribution < 1.29 is 18.7 Å². The lowest BCUT2D eigenvalue weighted by Gasteiger charge is -2.19. The normalized spacial score (nSPS) is 11.9. The molecule has 4 rings (SSSR count). The van der Waals surface area contributed by atoms with E-state index in [9.17, 15) is 9.59 Å². The molecule has 0 aliphatic heterocycles. The van der Waals surface area contributed by atoms with E-state index in [1.54, 1.807) is 24.3 Å². The van der Waals surface area contributed by atoms with Gasteiger partial charge in [-0.05, 0) is 58.4 Å². The van der Waals surface area contributed by atoms with Gasteiger partial charge in [0.1, 0.15) is 23.3 Å². The third kappa shape index (κ3) is 5.46. The minimum atomic E-state index is -0.481. The molecular weight excluding hydrogens is 440 g/mol. The van der Waals surface area contributed by atoms with E-state index in [-0.39, 0.29) is 27.8 Å². The first-order chi connectivity index (χ1) is 16.4. The van der Waals surface area contributed by atoms with Crippen LogP contribution in [0, 0.1) is 0 Å². The predicted molar refractivity (Wildman–Crippen MR) is 138 cm³/mol. The fourth-order valence-electron chi connectivity index (χ4n) is 3.65. The van der Waals surface area contributed by atoms with E-state index >= 15 is 0 Å². The maximum Gasteiger partial charge on any atom is 0.343 e. The summed E-state index contributed by atoms with van der Waals surface area (Å²) in [5.74, 6) is 0.445. The molecule has 0 fully saturated rings. The summed E-state index contributed by atoms with van der Waals surface area (Å²) in [5.41, 5.74) is 2.77. The van der Waals surface area contributed by atoms with Gasteiger partial charge in [0.2, 0.25) is 11.2 Å². The van der Waals surface area contributed by atoms with E-state index < -0.39 is 5.97 Å². The molecule has 0 aliphatic rings. The smallest absolute Gasteiger partial charge is 0.343 e. The van der Waals surface area contributed by atoms with Crippen LogP contribution in [0.25, 0.3) is 11.0 Å². The highest BCUT2D eigenvalue weighted by Gasteiger charge is 2.17. The van der Waals surface area contributed by atoms with Crippen molar-refractivity contribution >= 4 is 16.9 Å². The monoisotopic (exact) mass is 470 g/mol. The van der Waals surface area contributed by atoms with Crippen LogP contribution in [0.5, 0.6) is 17.2 Å². The number of ether oxygens (including phenoxy) is 2. The Bertz CT molecular complexity index is 1410. The Balaban J connectivity index is 1.52. The van der Waals surface area contributed by atoms with Gasteiger partial charge in [0.15, 0.2) is 0 Å². The molecule has 180 valence electrons. The quantitative estimate of drug-likeness (QED) is 0.230. The maximum absolute atomic E-state index is 12.9. The lowest BCUT2D eigenvalue weighted by atomic mass is 9.87. The fourth-order valence-corrected chi connectivity index (χ4v) is 3.65. The lowest BCUT2D eigenvalue weighted by Crippen LogP contribution is -2.13. The van der Waals surface area contributed by atoms with Crippen molar-refractivity contribution in [3.8, 4) is 17.2 Å². The molecule has 35 heavy (non-hydrogen) atoms. The first-order valence-electron chi connectivity index (χ1n) is 11.6. The Hall–Kier alpha value is -3.86. The molecule has 0 saturated heterocycles. The van der Waals surface area contributed by atoms with Crippen LogP contribution in [0.2, 0.25) is 0 Å². The zero-order valence-electron chi connectivity index (χ0n) is 21.0. The van der Waals surface area contributed by atoms with Gasteiger partial charge in [-0.25, -0.2) is 4.79 Å². The molecule has 5 heteroatoms. The van der Waals surface area contributed by atoms with E-state index in [0.717, 1.165) is 5.56 Å². The van der Waals surface area contributed by atoms with Gasteiger partial charge >= 0.3 is 5.97 Å². The Kier molecular flexibility index (Phi) is 6.28. The van der Waals surface area contributed by atoms with Gasteiger partial charge in [-0.1, -0.05) is 65.8 Å². The van der Waals surface area contributed by atoms with Crippen molar-refractivity contribution in [1.82, 2.24) is 0 Å². The van der Waals surface area contributed by atoms with E-state index in [0.29, 0.717) is 22.3 Å². The van der Waals surface area contributed by atoms with E-state index in [2.05, 4.69) is 41.5 Å². The minimum Gasteiger partial charge on any atom is -0.460 e. The standard InChI is InChI=1S/C30H30O5/c1-29(2,3)20-9-7-19(8-10-20)28(32)35-23-15-16-24-25(17-23)33-18-26(27(24)31)34-22-13-11-21(12-14-22)30(4,5)6/h7-18H,1-6H3. The summed E-state index contributed by atoms with van der Waals surface area (Å²) >= 11 is 0. The summed E-state index contributed by atoms with van der Waals surface area (Å²) < 4.78 is 16.9. The number of esters is 1. The molecule has 5 nitrogen and oxygen atoms in total. The largest absolute Gasteiger partial charge is 0.460 e. The van der Waals surface area contributed by atoms with Crippen LogP contribution in [-0.2, 0) is 10.8 Å². The van der Waals surface area contributed by atoms with E-state index in [1.165, 1.54) is 17.9 Å². The SMILES string of the molecule is CC(C)(C)c1ccc(Oc2coc3cc(OC(=O)c4ccc(C(C)(C)C)cc4)ccc3c2=O)cc1. The first-order valence-corrected chi connectivity index (χ1v) is 11.6. The number of hydrogen-bond acceptors (Lipinski definition) is 5. The molecular formula is C30H30O5. The van der Waals surface area contributed by atoms with Gasteiger partial charge < -0.3 is 13.9 Å². The van der Waals surface area contributed by atoms with Gasteiger partial charge in [0.05, 0.1) is 10.9 Å². The Labute approximate surface area is 205 Å². The Morgan fingerprint density at radius 1 is 0.743 bits per heavy atom. The molecule has 0 N–H and O–H groups in total. The van der Waals surface area contributed by atoms with Gasteiger partial charge in [0.25, 0.3) is 0 Å². The lowest BCUT2D eigenvalue weighted by molar-refractivity contribution is 0.0735. The molecule has 0 atom stereocenters. The molecule has 0 saturated carbocycles. The van der Waals surface area contributed by atoms with Crippen molar-refractivity contribution in [3.05, 3.63) is 99.9 Å². The zero-order chi connectivity index (χ0) is 25.4. The van der Waals surface area contributed by atoms with Crippen molar-refractivity contribution in [2.24, 2.45) is 0 Å². The van der Waals surface area contributed by atoms with E-state index in [1.807, 2.05) is 36.4 Å². The van der Waals surface area contributed by atoms with Gasteiger partial charge in [-0.15, -0.1) is 0 Å². The number of hydrogen-bond donors (Lipinski definition) is 0. The first kappa shape index (κ1) is 24.3. The molecule has 1 aromatic heterocycles. The summed E-state index contributed by atoms with van der Waals surface area (Å²) in [6.07, 6.45) is 1.28. The Morgan fingerprint density at radius 3 is 1.86 bits per heavy atom. The molecule has 0 amide bonds. The number of rotatable bonds is 4. The maximum atomic E-state index is 12.9. The third-order valence-electron chi connectivity index (χ3n) is 5.86. The average molecular weight is 471 g/mol. The number of carbonyl (C=O) groups excluding carboxylic acids is 1. The molecule has 4 aromatic rings.